The lowest BCUT2D eigenvalue weighted by atomic mass is 10.1. The first-order valence-corrected chi connectivity index (χ1v) is 5.99. The van der Waals surface area contributed by atoms with Crippen LogP contribution in [-0.4, -0.2) is 41.0 Å². The number of amides is 2. The van der Waals surface area contributed by atoms with E-state index in [1.807, 2.05) is 27.7 Å². The number of aliphatic hydroxyl groups is 1. The van der Waals surface area contributed by atoms with Gasteiger partial charge in [-0.25, -0.2) is 0 Å². The molecule has 0 fully saturated rings. The van der Waals surface area contributed by atoms with Gasteiger partial charge in [0.15, 0.2) is 0 Å². The molecule has 0 heterocycles. The summed E-state index contributed by atoms with van der Waals surface area (Å²) in [6.45, 7) is 9.16. The van der Waals surface area contributed by atoms with Gasteiger partial charge in [0.05, 0.1) is 6.42 Å². The van der Waals surface area contributed by atoms with Crippen molar-refractivity contribution in [2.24, 2.45) is 17.6 Å². The second-order valence-electron chi connectivity index (χ2n) is 5.22. The molecule has 2 amide bonds. The number of nitrogens with zero attached hydrogens (tertiary/aromatic N) is 1. The van der Waals surface area contributed by atoms with E-state index in [1.165, 1.54) is 0 Å². The zero-order valence-electron chi connectivity index (χ0n) is 11.1. The molecule has 0 aliphatic carbocycles. The lowest BCUT2D eigenvalue weighted by Crippen LogP contribution is -2.44. The Kier molecular flexibility index (Phi) is 6.80. The third-order valence-corrected chi connectivity index (χ3v) is 2.16. The van der Waals surface area contributed by atoms with Gasteiger partial charge in [0.25, 0.3) is 5.91 Å². The highest BCUT2D eigenvalue weighted by atomic mass is 16.3. The van der Waals surface area contributed by atoms with Crippen molar-refractivity contribution in [1.82, 2.24) is 4.90 Å². The first-order chi connectivity index (χ1) is 7.73. The highest BCUT2D eigenvalue weighted by Crippen LogP contribution is 2.07. The minimum atomic E-state index is -1.31. The highest BCUT2D eigenvalue weighted by Gasteiger charge is 2.24. The number of primary amides is 1. The molecule has 0 aromatic carbocycles. The van der Waals surface area contributed by atoms with E-state index in [9.17, 15) is 14.7 Å². The van der Waals surface area contributed by atoms with E-state index in [1.54, 1.807) is 4.90 Å². The molecule has 3 N–H and O–H groups in total. The van der Waals surface area contributed by atoms with Crippen LogP contribution in [0, 0.1) is 11.8 Å². The monoisotopic (exact) mass is 244 g/mol. The molecule has 1 unspecified atom stereocenters. The summed E-state index contributed by atoms with van der Waals surface area (Å²) in [5.41, 5.74) is 4.96. The summed E-state index contributed by atoms with van der Waals surface area (Å²) in [6.07, 6.45) is -1.63. The molecule has 1 atom stereocenters. The molecular weight excluding hydrogens is 220 g/mol. The van der Waals surface area contributed by atoms with Gasteiger partial charge >= 0.3 is 0 Å². The van der Waals surface area contributed by atoms with Gasteiger partial charge < -0.3 is 15.7 Å². The van der Waals surface area contributed by atoms with E-state index in [0.29, 0.717) is 24.9 Å². The van der Waals surface area contributed by atoms with Gasteiger partial charge in [-0.05, 0) is 11.8 Å². The van der Waals surface area contributed by atoms with Crippen LogP contribution >= 0.6 is 0 Å². The molecule has 0 rings (SSSR count). The van der Waals surface area contributed by atoms with Crippen molar-refractivity contribution in [1.29, 1.82) is 0 Å². The fourth-order valence-corrected chi connectivity index (χ4v) is 1.62. The molecule has 0 aliphatic heterocycles. The van der Waals surface area contributed by atoms with E-state index in [2.05, 4.69) is 0 Å². The first kappa shape index (κ1) is 15.9. The van der Waals surface area contributed by atoms with Gasteiger partial charge in [0, 0.05) is 13.1 Å². The van der Waals surface area contributed by atoms with Crippen molar-refractivity contribution in [3.63, 3.8) is 0 Å². The van der Waals surface area contributed by atoms with Gasteiger partial charge in [-0.15, -0.1) is 0 Å². The minimum absolute atomic E-state index is 0.314. The predicted molar refractivity (Wildman–Crippen MR) is 66.1 cm³/mol. The van der Waals surface area contributed by atoms with Crippen molar-refractivity contribution in [2.75, 3.05) is 13.1 Å². The number of aliphatic hydroxyl groups excluding tert-OH is 1. The summed E-state index contributed by atoms with van der Waals surface area (Å²) in [7, 11) is 0. The summed E-state index contributed by atoms with van der Waals surface area (Å²) in [6, 6.07) is 0. The smallest absolute Gasteiger partial charge is 0.251 e. The number of rotatable bonds is 7. The number of carbonyl (C=O) groups is 2. The molecule has 100 valence electrons. The van der Waals surface area contributed by atoms with Gasteiger partial charge in [-0.2, -0.15) is 0 Å². The topological polar surface area (TPSA) is 83.6 Å². The Labute approximate surface area is 103 Å². The van der Waals surface area contributed by atoms with Crippen molar-refractivity contribution in [3.05, 3.63) is 0 Å². The minimum Gasteiger partial charge on any atom is -0.383 e. The summed E-state index contributed by atoms with van der Waals surface area (Å²) >= 11 is 0. The first-order valence-electron chi connectivity index (χ1n) is 5.99. The maximum Gasteiger partial charge on any atom is 0.251 e. The molecule has 5 heteroatoms. The third kappa shape index (κ3) is 6.94. The van der Waals surface area contributed by atoms with Crippen molar-refractivity contribution in [3.8, 4) is 0 Å². The molecule has 0 spiro atoms. The third-order valence-electron chi connectivity index (χ3n) is 2.16. The quantitative estimate of drug-likeness (QED) is 0.678. The normalized spacial score (nSPS) is 12.9. The maximum atomic E-state index is 11.9. The number of carbonyl (C=O) groups excluding carboxylic acids is 2. The van der Waals surface area contributed by atoms with Crippen LogP contribution in [-0.2, 0) is 9.59 Å². The lowest BCUT2D eigenvalue weighted by molar-refractivity contribution is -0.143. The van der Waals surface area contributed by atoms with Crippen molar-refractivity contribution < 1.29 is 14.7 Å². The van der Waals surface area contributed by atoms with Crippen LogP contribution in [0.1, 0.15) is 34.1 Å². The van der Waals surface area contributed by atoms with Crippen LogP contribution in [0.25, 0.3) is 0 Å². The van der Waals surface area contributed by atoms with Crippen LogP contribution in [0.15, 0.2) is 0 Å². The summed E-state index contributed by atoms with van der Waals surface area (Å²) in [5, 5.41) is 9.59. The van der Waals surface area contributed by atoms with Crippen LogP contribution in [0.3, 0.4) is 0 Å². The fourth-order valence-electron chi connectivity index (χ4n) is 1.62. The second kappa shape index (κ2) is 7.27. The average molecular weight is 244 g/mol. The molecule has 0 aromatic rings. The standard InChI is InChI=1S/C12H24N2O3/c1-8(2)6-14(7-9(3)4)12(17)10(15)5-11(13)16/h8-10,15H,5-7H2,1-4H3,(H2,13,16). The molecule has 0 aliphatic rings. The van der Waals surface area contributed by atoms with Crippen molar-refractivity contribution >= 4 is 11.8 Å². The Bertz CT molecular complexity index is 254. The zero-order chi connectivity index (χ0) is 13.6. The Hall–Kier alpha value is -1.10. The van der Waals surface area contributed by atoms with E-state index < -0.39 is 17.9 Å². The lowest BCUT2D eigenvalue weighted by Gasteiger charge is -2.28. The molecule has 0 saturated carbocycles. The number of nitrogens with two attached hydrogens (primary N) is 1. The molecule has 5 nitrogen and oxygen atoms in total. The summed E-state index contributed by atoms with van der Waals surface area (Å²) in [4.78, 5) is 24.2. The van der Waals surface area contributed by atoms with E-state index in [0.717, 1.165) is 0 Å². The molecule has 0 radical (unpaired) electrons. The largest absolute Gasteiger partial charge is 0.383 e. The number of hydrogen-bond acceptors (Lipinski definition) is 3. The molecular formula is C12H24N2O3. The molecule has 0 saturated heterocycles. The summed E-state index contributed by atoms with van der Waals surface area (Å²) in [5.74, 6) is -0.442. The maximum absolute atomic E-state index is 11.9. The van der Waals surface area contributed by atoms with E-state index in [-0.39, 0.29) is 6.42 Å². The van der Waals surface area contributed by atoms with E-state index >= 15 is 0 Å². The van der Waals surface area contributed by atoms with E-state index in [4.69, 9.17) is 5.73 Å². The Morgan fingerprint density at radius 2 is 1.53 bits per heavy atom. The highest BCUT2D eigenvalue weighted by molar-refractivity contribution is 5.86. The molecule has 0 bridgehead atoms. The van der Waals surface area contributed by atoms with Gasteiger partial charge in [0.1, 0.15) is 6.10 Å². The van der Waals surface area contributed by atoms with Crippen LogP contribution in [0.4, 0.5) is 0 Å². The summed E-state index contributed by atoms with van der Waals surface area (Å²) < 4.78 is 0. The van der Waals surface area contributed by atoms with Gasteiger partial charge in [-0.3, -0.25) is 9.59 Å². The Morgan fingerprint density at radius 3 is 1.82 bits per heavy atom. The van der Waals surface area contributed by atoms with Crippen LogP contribution in [0.5, 0.6) is 0 Å². The predicted octanol–water partition coefficient (Wildman–Crippen LogP) is 0.363. The van der Waals surface area contributed by atoms with Crippen molar-refractivity contribution in [2.45, 2.75) is 40.2 Å². The molecule has 0 aromatic heterocycles. The average Bonchev–Trinajstić information content (AvgIpc) is 2.12. The zero-order valence-corrected chi connectivity index (χ0v) is 11.1. The fraction of sp³-hybridized carbons (Fsp3) is 0.833. The molecule has 17 heavy (non-hydrogen) atoms. The Morgan fingerprint density at radius 1 is 1.12 bits per heavy atom. The van der Waals surface area contributed by atoms with Crippen LogP contribution in [0.2, 0.25) is 0 Å². The number of hydrogen-bond donors (Lipinski definition) is 2. The van der Waals surface area contributed by atoms with Gasteiger partial charge in [0.2, 0.25) is 5.91 Å². The Balaban J connectivity index is 4.55. The van der Waals surface area contributed by atoms with Crippen LogP contribution < -0.4 is 5.73 Å². The SMILES string of the molecule is CC(C)CN(CC(C)C)C(=O)C(O)CC(N)=O. The second-order valence-corrected chi connectivity index (χ2v) is 5.22. The van der Waals surface area contributed by atoms with Gasteiger partial charge in [-0.1, -0.05) is 27.7 Å².